The van der Waals surface area contributed by atoms with E-state index >= 15 is 0 Å². The Morgan fingerprint density at radius 2 is 2.11 bits per heavy atom. The predicted octanol–water partition coefficient (Wildman–Crippen LogP) is 2.42. The van der Waals surface area contributed by atoms with Gasteiger partial charge in [0.05, 0.1) is 17.2 Å². The molecule has 1 saturated carbocycles. The number of hydrogen-bond donors (Lipinski definition) is 1. The number of nitrogens with zero attached hydrogens (tertiary/aromatic N) is 3. The van der Waals surface area contributed by atoms with Gasteiger partial charge in [-0.05, 0) is 30.9 Å². The van der Waals surface area contributed by atoms with E-state index in [-0.39, 0.29) is 5.41 Å². The molecule has 0 spiro atoms. The van der Waals surface area contributed by atoms with E-state index in [1.54, 1.807) is 6.20 Å². The van der Waals surface area contributed by atoms with Gasteiger partial charge < -0.3 is 10.3 Å². The monoisotopic (exact) mass is 258 g/mol. The molecule has 2 aromatic heterocycles. The molecule has 102 valence electrons. The summed E-state index contributed by atoms with van der Waals surface area (Å²) < 4.78 is 2.17. The third kappa shape index (κ3) is 2.25. The van der Waals surface area contributed by atoms with Crippen molar-refractivity contribution in [2.75, 3.05) is 6.54 Å². The number of aromatic nitrogens is 3. The van der Waals surface area contributed by atoms with Crippen LogP contribution in [0.25, 0.3) is 11.0 Å². The lowest BCUT2D eigenvalue weighted by Crippen LogP contribution is -2.35. The summed E-state index contributed by atoms with van der Waals surface area (Å²) in [5.74, 6) is 1.15. The first kappa shape index (κ1) is 12.6. The lowest BCUT2D eigenvalue weighted by Gasteiger charge is -2.36. The maximum Gasteiger partial charge on any atom is 0.110 e. The summed E-state index contributed by atoms with van der Waals surface area (Å²) in [6.07, 6.45) is 11.1. The molecule has 1 fully saturated rings. The molecule has 2 heterocycles. The van der Waals surface area contributed by atoms with Gasteiger partial charge in [-0.1, -0.05) is 19.3 Å². The molecule has 0 amide bonds. The zero-order valence-corrected chi connectivity index (χ0v) is 11.6. The highest BCUT2D eigenvalue weighted by Gasteiger charge is 2.32. The van der Waals surface area contributed by atoms with Crippen molar-refractivity contribution in [2.45, 2.75) is 38.5 Å². The van der Waals surface area contributed by atoms with E-state index in [0.29, 0.717) is 0 Å². The Morgan fingerprint density at radius 1 is 1.32 bits per heavy atom. The minimum Gasteiger partial charge on any atom is -0.330 e. The molecule has 0 radical (unpaired) electrons. The Bertz CT molecular complexity index is 567. The molecule has 0 unspecified atom stereocenters. The SMILES string of the molecule is Cn1c(CC2(CN)CCCCC2)nc2ccncc21. The van der Waals surface area contributed by atoms with Crippen LogP contribution in [0.4, 0.5) is 0 Å². The summed E-state index contributed by atoms with van der Waals surface area (Å²) >= 11 is 0. The molecule has 1 aliphatic rings. The van der Waals surface area contributed by atoms with Crippen LogP contribution >= 0.6 is 0 Å². The van der Waals surface area contributed by atoms with Crippen LogP contribution < -0.4 is 5.73 Å². The van der Waals surface area contributed by atoms with Gasteiger partial charge in [-0.15, -0.1) is 0 Å². The second-order valence-electron chi connectivity index (χ2n) is 5.89. The number of pyridine rings is 1. The van der Waals surface area contributed by atoms with Gasteiger partial charge in [0.2, 0.25) is 0 Å². The van der Waals surface area contributed by atoms with E-state index in [1.165, 1.54) is 32.1 Å². The minimum absolute atomic E-state index is 0.265. The van der Waals surface area contributed by atoms with Gasteiger partial charge in [-0.25, -0.2) is 4.98 Å². The van der Waals surface area contributed by atoms with E-state index < -0.39 is 0 Å². The quantitative estimate of drug-likeness (QED) is 0.920. The summed E-state index contributed by atoms with van der Waals surface area (Å²) in [6.45, 7) is 0.772. The molecule has 0 bridgehead atoms. The fraction of sp³-hybridized carbons (Fsp3) is 0.600. The molecule has 0 aliphatic heterocycles. The third-order valence-corrected chi connectivity index (χ3v) is 4.66. The van der Waals surface area contributed by atoms with Crippen molar-refractivity contribution in [3.8, 4) is 0 Å². The molecular formula is C15H22N4. The standard InChI is InChI=1S/C15H22N4/c1-19-13-10-17-8-5-12(13)18-14(19)9-15(11-16)6-3-2-4-7-15/h5,8,10H,2-4,6-7,9,11,16H2,1H3. The van der Waals surface area contributed by atoms with Crippen molar-refractivity contribution in [3.63, 3.8) is 0 Å². The van der Waals surface area contributed by atoms with Crippen LogP contribution in [0.15, 0.2) is 18.5 Å². The first-order valence-electron chi connectivity index (χ1n) is 7.19. The normalized spacial score (nSPS) is 18.8. The first-order valence-corrected chi connectivity index (χ1v) is 7.19. The molecule has 1 aliphatic carbocycles. The average Bonchev–Trinajstić information content (AvgIpc) is 2.77. The maximum absolute atomic E-state index is 6.08. The van der Waals surface area contributed by atoms with Crippen molar-refractivity contribution in [2.24, 2.45) is 18.2 Å². The molecule has 4 nitrogen and oxygen atoms in total. The lowest BCUT2D eigenvalue weighted by atomic mass is 9.71. The number of hydrogen-bond acceptors (Lipinski definition) is 3. The predicted molar refractivity (Wildman–Crippen MR) is 76.8 cm³/mol. The van der Waals surface area contributed by atoms with Gasteiger partial charge in [0, 0.05) is 19.7 Å². The smallest absolute Gasteiger partial charge is 0.110 e. The second-order valence-corrected chi connectivity index (χ2v) is 5.89. The zero-order chi connectivity index (χ0) is 13.3. The third-order valence-electron chi connectivity index (χ3n) is 4.66. The molecule has 2 N–H and O–H groups in total. The van der Waals surface area contributed by atoms with E-state index in [4.69, 9.17) is 10.7 Å². The Kier molecular flexibility index (Phi) is 3.27. The van der Waals surface area contributed by atoms with Crippen LogP contribution in [-0.4, -0.2) is 21.1 Å². The Balaban J connectivity index is 1.93. The van der Waals surface area contributed by atoms with Gasteiger partial charge in [-0.2, -0.15) is 0 Å². The molecule has 0 atom stereocenters. The first-order chi connectivity index (χ1) is 9.24. The highest BCUT2D eigenvalue weighted by molar-refractivity contribution is 5.74. The van der Waals surface area contributed by atoms with E-state index in [1.807, 2.05) is 12.3 Å². The summed E-state index contributed by atoms with van der Waals surface area (Å²) in [5, 5.41) is 0. The van der Waals surface area contributed by atoms with Gasteiger partial charge in [0.15, 0.2) is 0 Å². The maximum atomic E-state index is 6.08. The van der Waals surface area contributed by atoms with Crippen LogP contribution in [-0.2, 0) is 13.5 Å². The van der Waals surface area contributed by atoms with Crippen molar-refractivity contribution in [3.05, 3.63) is 24.3 Å². The van der Waals surface area contributed by atoms with Crippen LogP contribution in [0.3, 0.4) is 0 Å². The van der Waals surface area contributed by atoms with E-state index in [2.05, 4.69) is 16.6 Å². The summed E-state index contributed by atoms with van der Waals surface area (Å²) in [4.78, 5) is 8.95. The lowest BCUT2D eigenvalue weighted by molar-refractivity contribution is 0.192. The van der Waals surface area contributed by atoms with Crippen LogP contribution in [0.5, 0.6) is 0 Å². The molecule has 0 aromatic carbocycles. The summed E-state index contributed by atoms with van der Waals surface area (Å²) in [7, 11) is 2.08. The highest BCUT2D eigenvalue weighted by atomic mass is 15.1. The van der Waals surface area contributed by atoms with Gasteiger partial charge >= 0.3 is 0 Å². The summed E-state index contributed by atoms with van der Waals surface area (Å²) in [5.41, 5.74) is 8.49. The fourth-order valence-corrected chi connectivity index (χ4v) is 3.33. The van der Waals surface area contributed by atoms with Crippen molar-refractivity contribution in [1.29, 1.82) is 0 Å². The van der Waals surface area contributed by atoms with Crippen LogP contribution in [0.2, 0.25) is 0 Å². The molecule has 3 rings (SSSR count). The van der Waals surface area contributed by atoms with E-state index in [0.717, 1.165) is 29.8 Å². The minimum atomic E-state index is 0.265. The Morgan fingerprint density at radius 3 is 2.79 bits per heavy atom. The van der Waals surface area contributed by atoms with Crippen LogP contribution in [0, 0.1) is 5.41 Å². The molecule has 0 saturated heterocycles. The average molecular weight is 258 g/mol. The van der Waals surface area contributed by atoms with Gasteiger partial charge in [-0.3, -0.25) is 4.98 Å². The number of imidazole rings is 1. The largest absolute Gasteiger partial charge is 0.330 e. The second kappa shape index (κ2) is 4.93. The molecule has 19 heavy (non-hydrogen) atoms. The number of rotatable bonds is 3. The Hall–Kier alpha value is -1.42. The number of nitrogens with two attached hydrogens (primary N) is 1. The summed E-state index contributed by atoms with van der Waals surface area (Å²) in [6, 6.07) is 1.98. The molecule has 2 aromatic rings. The topological polar surface area (TPSA) is 56.7 Å². The van der Waals surface area contributed by atoms with Crippen molar-refractivity contribution >= 4 is 11.0 Å². The zero-order valence-electron chi connectivity index (χ0n) is 11.6. The van der Waals surface area contributed by atoms with E-state index in [9.17, 15) is 0 Å². The van der Waals surface area contributed by atoms with Crippen LogP contribution in [0.1, 0.15) is 37.9 Å². The number of fused-ring (bicyclic) bond motifs is 1. The molecule has 4 heteroatoms. The number of aryl methyl sites for hydroxylation is 1. The molecular weight excluding hydrogens is 236 g/mol. The van der Waals surface area contributed by atoms with Gasteiger partial charge in [0.1, 0.15) is 5.82 Å². The highest BCUT2D eigenvalue weighted by Crippen LogP contribution is 2.38. The van der Waals surface area contributed by atoms with Gasteiger partial charge in [0.25, 0.3) is 0 Å². The van der Waals surface area contributed by atoms with Crippen molar-refractivity contribution < 1.29 is 0 Å². The Labute approximate surface area is 114 Å². The van der Waals surface area contributed by atoms with Crippen molar-refractivity contribution in [1.82, 2.24) is 14.5 Å². The fourth-order valence-electron chi connectivity index (χ4n) is 3.33.